The van der Waals surface area contributed by atoms with E-state index in [0.29, 0.717) is 16.7 Å². The first-order chi connectivity index (χ1) is 12.1. The molecule has 0 aliphatic carbocycles. The van der Waals surface area contributed by atoms with Crippen LogP contribution >= 0.6 is 15.9 Å². The van der Waals surface area contributed by atoms with E-state index in [1.807, 2.05) is 0 Å². The van der Waals surface area contributed by atoms with Crippen molar-refractivity contribution in [2.24, 2.45) is 7.05 Å². The number of hydrogen-bond acceptors (Lipinski definition) is 5. The van der Waals surface area contributed by atoms with E-state index in [-0.39, 0.29) is 11.6 Å². The topological polar surface area (TPSA) is 59.4 Å². The van der Waals surface area contributed by atoms with Crippen molar-refractivity contribution in [1.29, 1.82) is 0 Å². The van der Waals surface area contributed by atoms with Crippen molar-refractivity contribution in [1.82, 2.24) is 14.7 Å². The molecule has 6 nitrogen and oxygen atoms in total. The van der Waals surface area contributed by atoms with Crippen LogP contribution in [-0.2, 0) is 11.8 Å². The van der Waals surface area contributed by atoms with E-state index in [0.717, 1.165) is 26.3 Å². The molecule has 1 aromatic carbocycles. The zero-order chi connectivity index (χ0) is 17.8. The fourth-order valence-corrected chi connectivity index (χ4v) is 3.48. The van der Waals surface area contributed by atoms with Gasteiger partial charge in [0, 0.05) is 26.7 Å². The van der Waals surface area contributed by atoms with E-state index >= 15 is 0 Å². The van der Waals surface area contributed by atoms with Gasteiger partial charge in [-0.05, 0) is 28.4 Å². The molecule has 0 saturated carbocycles. The standard InChI is InChI=1S/C18H23BrN4O2/c1-13-3-5-14(6-4-13)16(23-7-9-25-10-8-23)12-20-15-11-21-22(2)18(24)17(15)19/h3-6,11,16,20H,7-10,12H2,1-2H3. The number of hydrogen-bond donors (Lipinski definition) is 1. The minimum atomic E-state index is -0.150. The van der Waals surface area contributed by atoms with Gasteiger partial charge in [-0.25, -0.2) is 4.68 Å². The third kappa shape index (κ3) is 4.29. The predicted octanol–water partition coefficient (Wildman–Crippen LogP) is 2.34. The van der Waals surface area contributed by atoms with E-state index in [1.165, 1.54) is 15.8 Å². The molecule has 7 heteroatoms. The van der Waals surface area contributed by atoms with Crippen LogP contribution in [0.5, 0.6) is 0 Å². The summed E-state index contributed by atoms with van der Waals surface area (Å²) in [6.07, 6.45) is 1.68. The van der Waals surface area contributed by atoms with E-state index < -0.39 is 0 Å². The summed E-state index contributed by atoms with van der Waals surface area (Å²) in [7, 11) is 1.64. The van der Waals surface area contributed by atoms with Crippen molar-refractivity contribution in [3.05, 3.63) is 56.4 Å². The number of rotatable bonds is 5. The number of aryl methyl sites for hydroxylation is 2. The maximum absolute atomic E-state index is 12.0. The lowest BCUT2D eigenvalue weighted by atomic mass is 10.0. The van der Waals surface area contributed by atoms with Gasteiger partial charge in [-0.15, -0.1) is 0 Å². The fourth-order valence-electron chi connectivity index (χ4n) is 2.98. The van der Waals surface area contributed by atoms with Crippen molar-refractivity contribution in [2.75, 3.05) is 38.2 Å². The van der Waals surface area contributed by atoms with Crippen molar-refractivity contribution in [2.45, 2.75) is 13.0 Å². The Morgan fingerprint density at radius 3 is 2.64 bits per heavy atom. The predicted molar refractivity (Wildman–Crippen MR) is 102 cm³/mol. The lowest BCUT2D eigenvalue weighted by Gasteiger charge is -2.35. The molecule has 0 radical (unpaired) electrons. The fraction of sp³-hybridized carbons (Fsp3) is 0.444. The Hall–Kier alpha value is -1.70. The molecule has 2 aromatic rings. The minimum absolute atomic E-state index is 0.150. The molecule has 0 amide bonds. The van der Waals surface area contributed by atoms with Gasteiger partial charge in [0.2, 0.25) is 0 Å². The molecule has 1 N–H and O–H groups in total. The third-order valence-electron chi connectivity index (χ3n) is 4.51. The smallest absolute Gasteiger partial charge is 0.282 e. The minimum Gasteiger partial charge on any atom is -0.381 e. The summed E-state index contributed by atoms with van der Waals surface area (Å²) in [5.74, 6) is 0. The quantitative estimate of drug-likeness (QED) is 0.825. The first-order valence-electron chi connectivity index (χ1n) is 8.40. The Labute approximate surface area is 155 Å². The summed E-state index contributed by atoms with van der Waals surface area (Å²) in [4.78, 5) is 14.4. The van der Waals surface area contributed by atoms with Gasteiger partial charge < -0.3 is 10.1 Å². The second-order valence-electron chi connectivity index (χ2n) is 6.26. The van der Waals surface area contributed by atoms with Gasteiger partial charge in [-0.1, -0.05) is 29.8 Å². The number of anilines is 1. The normalized spacial score (nSPS) is 16.6. The van der Waals surface area contributed by atoms with E-state index in [1.54, 1.807) is 13.2 Å². The Kier molecular flexibility index (Phi) is 5.88. The molecule has 1 fully saturated rings. The van der Waals surface area contributed by atoms with Gasteiger partial charge in [0.1, 0.15) is 4.47 Å². The highest BCUT2D eigenvalue weighted by molar-refractivity contribution is 9.10. The molecule has 25 heavy (non-hydrogen) atoms. The van der Waals surface area contributed by atoms with Gasteiger partial charge in [-0.2, -0.15) is 5.10 Å². The molecule has 1 atom stereocenters. The molecular weight excluding hydrogens is 384 g/mol. The van der Waals surface area contributed by atoms with Crippen LogP contribution in [0.1, 0.15) is 17.2 Å². The largest absolute Gasteiger partial charge is 0.381 e. The monoisotopic (exact) mass is 406 g/mol. The Balaban J connectivity index is 1.81. The zero-order valence-electron chi connectivity index (χ0n) is 14.5. The Morgan fingerprint density at radius 2 is 1.96 bits per heavy atom. The van der Waals surface area contributed by atoms with Crippen molar-refractivity contribution in [3.63, 3.8) is 0 Å². The molecule has 1 saturated heterocycles. The summed E-state index contributed by atoms with van der Waals surface area (Å²) in [6.45, 7) is 6.08. The number of nitrogens with one attached hydrogen (secondary N) is 1. The van der Waals surface area contributed by atoms with Crippen LogP contribution in [-0.4, -0.2) is 47.5 Å². The molecule has 2 heterocycles. The van der Waals surface area contributed by atoms with Crippen LogP contribution < -0.4 is 10.9 Å². The summed E-state index contributed by atoms with van der Waals surface area (Å²) >= 11 is 3.37. The van der Waals surface area contributed by atoms with Crippen molar-refractivity contribution >= 4 is 21.6 Å². The average Bonchev–Trinajstić information content (AvgIpc) is 2.64. The number of morpholine rings is 1. The molecule has 1 aliphatic heterocycles. The summed E-state index contributed by atoms with van der Waals surface area (Å²) in [6, 6.07) is 8.83. The summed E-state index contributed by atoms with van der Waals surface area (Å²) < 4.78 is 7.32. The van der Waals surface area contributed by atoms with Gasteiger partial charge in [-0.3, -0.25) is 9.69 Å². The average molecular weight is 407 g/mol. The third-order valence-corrected chi connectivity index (χ3v) is 5.28. The first kappa shape index (κ1) is 18.1. The number of halogens is 1. The summed E-state index contributed by atoms with van der Waals surface area (Å²) in [5, 5.41) is 7.48. The maximum atomic E-state index is 12.0. The second kappa shape index (κ2) is 8.12. The number of nitrogens with zero attached hydrogens (tertiary/aromatic N) is 3. The lowest BCUT2D eigenvalue weighted by Crippen LogP contribution is -2.41. The maximum Gasteiger partial charge on any atom is 0.282 e. The van der Waals surface area contributed by atoms with Crippen LogP contribution in [0.25, 0.3) is 0 Å². The van der Waals surface area contributed by atoms with E-state index in [4.69, 9.17) is 4.74 Å². The van der Waals surface area contributed by atoms with Crippen LogP contribution in [0.15, 0.2) is 39.7 Å². The van der Waals surface area contributed by atoms with Gasteiger partial charge >= 0.3 is 0 Å². The van der Waals surface area contributed by atoms with Gasteiger partial charge in [0.15, 0.2) is 0 Å². The highest BCUT2D eigenvalue weighted by Crippen LogP contribution is 2.24. The molecule has 0 bridgehead atoms. The van der Waals surface area contributed by atoms with Gasteiger partial charge in [0.25, 0.3) is 5.56 Å². The molecule has 0 spiro atoms. The van der Waals surface area contributed by atoms with Crippen molar-refractivity contribution < 1.29 is 4.74 Å². The van der Waals surface area contributed by atoms with Crippen LogP contribution in [0.2, 0.25) is 0 Å². The molecular formula is C18H23BrN4O2. The molecule has 1 aromatic heterocycles. The van der Waals surface area contributed by atoms with Crippen molar-refractivity contribution in [3.8, 4) is 0 Å². The summed E-state index contributed by atoms with van der Waals surface area (Å²) in [5.41, 5.74) is 3.07. The highest BCUT2D eigenvalue weighted by atomic mass is 79.9. The number of benzene rings is 1. The lowest BCUT2D eigenvalue weighted by molar-refractivity contribution is 0.0187. The molecule has 1 unspecified atom stereocenters. The first-order valence-corrected chi connectivity index (χ1v) is 9.19. The van der Waals surface area contributed by atoms with E-state index in [2.05, 4.69) is 62.4 Å². The van der Waals surface area contributed by atoms with Gasteiger partial charge in [0.05, 0.1) is 31.1 Å². The number of ether oxygens (including phenoxy) is 1. The SMILES string of the molecule is Cc1ccc(C(CNc2cnn(C)c(=O)c2Br)N2CCOCC2)cc1. The van der Waals surface area contributed by atoms with Crippen LogP contribution in [0.3, 0.4) is 0 Å². The molecule has 3 rings (SSSR count). The number of aromatic nitrogens is 2. The molecule has 134 valence electrons. The van der Waals surface area contributed by atoms with Crippen LogP contribution in [0, 0.1) is 6.92 Å². The Bertz CT molecular complexity index is 770. The second-order valence-corrected chi connectivity index (χ2v) is 7.05. The van der Waals surface area contributed by atoms with Crippen LogP contribution in [0.4, 0.5) is 5.69 Å². The molecule has 1 aliphatic rings. The van der Waals surface area contributed by atoms with E-state index in [9.17, 15) is 4.79 Å². The zero-order valence-corrected chi connectivity index (χ0v) is 16.1. The highest BCUT2D eigenvalue weighted by Gasteiger charge is 2.23. The Morgan fingerprint density at radius 1 is 1.28 bits per heavy atom.